The van der Waals surface area contributed by atoms with Crippen LogP contribution >= 0.6 is 197 Å². The molecule has 0 N–H and O–H groups in total. The van der Waals surface area contributed by atoms with Crippen LogP contribution in [-0.2, 0) is 9.47 Å². The third-order valence-corrected chi connectivity index (χ3v) is 24.5. The summed E-state index contributed by atoms with van der Waals surface area (Å²) in [4.78, 5) is 0. The van der Waals surface area contributed by atoms with Gasteiger partial charge >= 0.3 is 0 Å². The molecular formula is C51H87Cl17O2. The van der Waals surface area contributed by atoms with E-state index in [0.29, 0.717) is 24.4 Å². The first-order valence-electron chi connectivity index (χ1n) is 25.8. The average Bonchev–Trinajstić information content (AvgIpc) is 3.33. The molecule has 0 aromatic heterocycles. The molecule has 0 bridgehead atoms. The van der Waals surface area contributed by atoms with Crippen LogP contribution in [0.5, 0.6) is 0 Å². The smallest absolute Gasteiger partial charge is 0.148 e. The maximum atomic E-state index is 6.76. The highest BCUT2D eigenvalue weighted by molar-refractivity contribution is 6.46. The Bertz CT molecular complexity index is 1240. The van der Waals surface area contributed by atoms with Crippen molar-refractivity contribution in [2.24, 2.45) is 29.1 Å². The van der Waals surface area contributed by atoms with Gasteiger partial charge in [0.05, 0.1) is 80.7 Å². The summed E-state index contributed by atoms with van der Waals surface area (Å²) < 4.78 is 12.2. The summed E-state index contributed by atoms with van der Waals surface area (Å²) in [6, 6.07) is 0. The molecule has 70 heavy (non-hydrogen) atoms. The first-order chi connectivity index (χ1) is 32.8. The van der Waals surface area contributed by atoms with Crippen LogP contribution in [0.4, 0.5) is 0 Å². The van der Waals surface area contributed by atoms with Gasteiger partial charge in [-0.2, -0.15) is 0 Å². The van der Waals surface area contributed by atoms with E-state index in [1.165, 1.54) is 83.5 Å². The van der Waals surface area contributed by atoms with E-state index in [1.807, 2.05) is 13.8 Å². The molecule has 0 saturated heterocycles. The number of hydrogen-bond donors (Lipinski definition) is 0. The van der Waals surface area contributed by atoms with Crippen molar-refractivity contribution in [2.75, 3.05) is 25.7 Å². The summed E-state index contributed by atoms with van der Waals surface area (Å²) in [5.41, 5.74) is -0.881. The molecule has 0 heterocycles. The Labute approximate surface area is 512 Å². The second kappa shape index (κ2) is 42.7. The Morgan fingerprint density at radius 2 is 0.657 bits per heavy atom. The summed E-state index contributed by atoms with van der Waals surface area (Å²) >= 11 is 112. The van der Waals surface area contributed by atoms with Gasteiger partial charge in [0, 0.05) is 25.7 Å². The molecule has 0 rings (SSSR count). The number of halogens is 17. The predicted molar refractivity (Wildman–Crippen MR) is 326 cm³/mol. The Kier molecular flexibility index (Phi) is 45.6. The largest absolute Gasteiger partial charge is 0.381 e. The summed E-state index contributed by atoms with van der Waals surface area (Å²) in [6.45, 7) is 17.5. The molecule has 0 spiro atoms. The fourth-order valence-corrected chi connectivity index (χ4v) is 14.5. The third kappa shape index (κ3) is 30.6. The number of rotatable bonds is 45. The van der Waals surface area contributed by atoms with Crippen molar-refractivity contribution >= 4 is 197 Å². The van der Waals surface area contributed by atoms with Crippen molar-refractivity contribution in [1.82, 2.24) is 0 Å². The molecule has 422 valence electrons. The number of hydrogen-bond acceptors (Lipinski definition) is 2. The molecule has 0 aliphatic rings. The lowest BCUT2D eigenvalue weighted by atomic mass is 9.72. The van der Waals surface area contributed by atoms with Crippen molar-refractivity contribution in [1.29, 1.82) is 0 Å². The van der Waals surface area contributed by atoms with Gasteiger partial charge in [0.25, 0.3) is 0 Å². The van der Waals surface area contributed by atoms with Gasteiger partial charge in [-0.25, -0.2) is 0 Å². The minimum absolute atomic E-state index is 0.0325. The molecule has 0 fully saturated rings. The highest BCUT2D eigenvalue weighted by atomic mass is 35.5. The maximum absolute atomic E-state index is 6.76. The zero-order valence-corrected chi connectivity index (χ0v) is 55.4. The zero-order valence-electron chi connectivity index (χ0n) is 42.6. The first-order valence-corrected chi connectivity index (χ1v) is 33.3. The first kappa shape index (κ1) is 74.8. The van der Waals surface area contributed by atoms with E-state index in [-0.39, 0.29) is 11.3 Å². The van der Waals surface area contributed by atoms with Gasteiger partial charge in [-0.05, 0) is 67.6 Å². The third-order valence-electron chi connectivity index (χ3n) is 13.6. The van der Waals surface area contributed by atoms with Gasteiger partial charge in [-0.3, -0.25) is 0 Å². The lowest BCUT2D eigenvalue weighted by Crippen LogP contribution is -2.49. The van der Waals surface area contributed by atoms with E-state index in [9.17, 15) is 0 Å². The number of unbranched alkanes of at least 4 members (excludes halogenated alkanes) is 14. The van der Waals surface area contributed by atoms with Crippen LogP contribution in [0, 0.1) is 29.1 Å². The maximum Gasteiger partial charge on any atom is 0.148 e. The predicted octanol–water partition coefficient (Wildman–Crippen LogP) is 21.9. The van der Waals surface area contributed by atoms with Crippen molar-refractivity contribution < 1.29 is 9.47 Å². The van der Waals surface area contributed by atoms with Crippen molar-refractivity contribution in [3.63, 3.8) is 0 Å². The Balaban J connectivity index is 4.83. The summed E-state index contributed by atoms with van der Waals surface area (Å²) in [7, 11) is 0. The highest BCUT2D eigenvalue weighted by Gasteiger charge is 2.46. The van der Waals surface area contributed by atoms with Gasteiger partial charge in [0.15, 0.2) is 0 Å². The molecule has 0 aliphatic heterocycles. The molecule has 19 heteroatoms. The van der Waals surface area contributed by atoms with Crippen molar-refractivity contribution in [3.05, 3.63) is 0 Å². The fraction of sp³-hybridized carbons (Fsp3) is 1.00. The van der Waals surface area contributed by atoms with Crippen LogP contribution in [0.1, 0.15) is 170 Å². The number of ether oxygens (including phenoxy) is 2. The fourth-order valence-electron chi connectivity index (χ4n) is 8.47. The molecule has 18 atom stereocenters. The molecule has 0 amide bonds. The van der Waals surface area contributed by atoms with Crippen LogP contribution in [0.2, 0.25) is 0 Å². The average molecular weight is 1330 g/mol. The molecule has 0 aromatic rings. The number of alkyl halides is 17. The second-order valence-corrected chi connectivity index (χ2v) is 29.2. The Hall–Kier alpha value is 4.85. The van der Waals surface area contributed by atoms with E-state index >= 15 is 0 Å². The summed E-state index contributed by atoms with van der Waals surface area (Å²) in [6.07, 6.45) is 23.7. The lowest BCUT2D eigenvalue weighted by Gasteiger charge is -2.35. The Morgan fingerprint density at radius 1 is 0.343 bits per heavy atom. The van der Waals surface area contributed by atoms with Crippen LogP contribution in [0.15, 0.2) is 0 Å². The minimum Gasteiger partial charge on any atom is -0.381 e. The standard InChI is InChI=1S/C51H87Cl17O2/c1-31(2)33(5)34(24-29-69-27-22-20-18-16-14-12-10-8-9-11-13-15-17-19-21-26-52)30-51(6,7)25-23-28-70-50(68)49(67)48(66)47(65)46(64)45(63)44(62)43(61)42(60)41(59)40(58)39(57)38(56)37(55)36(54)35(53)32(3)4/h31-50H,8-30H2,1-7H3. The lowest BCUT2D eigenvalue weighted by molar-refractivity contribution is 0.0736. The normalized spacial score (nSPS) is 20.7. The van der Waals surface area contributed by atoms with E-state index in [0.717, 1.165) is 57.6 Å². The van der Waals surface area contributed by atoms with Gasteiger partial charge in [0.2, 0.25) is 0 Å². The monoisotopic (exact) mass is 1330 g/mol. The van der Waals surface area contributed by atoms with Crippen LogP contribution in [0.25, 0.3) is 0 Å². The van der Waals surface area contributed by atoms with Crippen LogP contribution in [0.3, 0.4) is 0 Å². The quantitative estimate of drug-likeness (QED) is 0.0447. The van der Waals surface area contributed by atoms with Gasteiger partial charge in [-0.1, -0.05) is 144 Å². The van der Waals surface area contributed by atoms with E-state index < -0.39 is 86.2 Å². The van der Waals surface area contributed by atoms with Crippen molar-refractivity contribution in [2.45, 2.75) is 257 Å². The van der Waals surface area contributed by atoms with Crippen LogP contribution < -0.4 is 0 Å². The molecule has 0 saturated carbocycles. The van der Waals surface area contributed by atoms with Gasteiger partial charge in [0.1, 0.15) is 5.56 Å². The second-order valence-electron chi connectivity index (χ2n) is 20.9. The molecule has 0 aromatic carbocycles. The highest BCUT2D eigenvalue weighted by Crippen LogP contribution is 2.41. The molecular weight excluding hydrogens is 1250 g/mol. The van der Waals surface area contributed by atoms with Crippen LogP contribution in [-0.4, -0.2) is 112 Å². The summed E-state index contributed by atoms with van der Waals surface area (Å²) in [5.74, 6) is 2.54. The van der Waals surface area contributed by atoms with Gasteiger partial charge < -0.3 is 9.47 Å². The molecule has 0 radical (unpaired) electrons. The molecule has 18 unspecified atom stereocenters. The van der Waals surface area contributed by atoms with Crippen molar-refractivity contribution in [3.8, 4) is 0 Å². The van der Waals surface area contributed by atoms with E-state index in [2.05, 4.69) is 34.6 Å². The van der Waals surface area contributed by atoms with Gasteiger partial charge in [-0.15, -0.1) is 186 Å². The minimum atomic E-state index is -1.07. The molecule has 2 nitrogen and oxygen atoms in total. The zero-order chi connectivity index (χ0) is 53.7. The Morgan fingerprint density at radius 3 is 0.986 bits per heavy atom. The molecule has 0 aliphatic carbocycles. The van der Waals surface area contributed by atoms with E-state index in [4.69, 9.17) is 207 Å². The topological polar surface area (TPSA) is 18.5 Å². The van der Waals surface area contributed by atoms with E-state index in [1.54, 1.807) is 0 Å². The SMILES string of the molecule is CC(C)C(C)C(CCOCCCCCCCCCCCCCCCCCCl)CC(C)(C)CCCOC(Cl)C(Cl)C(Cl)C(Cl)C(Cl)C(Cl)C(Cl)C(Cl)C(Cl)C(Cl)C(Cl)C(Cl)C(Cl)C(Cl)C(Cl)C(Cl)C(C)C. The summed E-state index contributed by atoms with van der Waals surface area (Å²) in [5, 5.41) is -14.2.